The lowest BCUT2D eigenvalue weighted by molar-refractivity contribution is 0.234. The van der Waals surface area contributed by atoms with Crippen molar-refractivity contribution >= 4 is 10.8 Å². The number of hydrogen-bond acceptors (Lipinski definition) is 2. The Bertz CT molecular complexity index is 426. The molecule has 1 aliphatic heterocycles. The van der Waals surface area contributed by atoms with E-state index in [2.05, 4.69) is 0 Å². The van der Waals surface area contributed by atoms with Gasteiger partial charge in [0.2, 0.25) is 0 Å². The fourth-order valence-electron chi connectivity index (χ4n) is 2.11. The summed E-state index contributed by atoms with van der Waals surface area (Å²) in [5.41, 5.74) is 0.344. The smallest absolute Gasteiger partial charge is 0.134 e. The maximum atomic E-state index is 13.1. The number of rotatable bonds is 6. The van der Waals surface area contributed by atoms with E-state index in [4.69, 9.17) is 4.74 Å². The van der Waals surface area contributed by atoms with Crippen molar-refractivity contribution in [2.24, 2.45) is 0 Å². The molecule has 0 N–H and O–H groups in total. The van der Waals surface area contributed by atoms with E-state index in [1.54, 1.807) is 0 Å². The third-order valence-electron chi connectivity index (χ3n) is 3.39. The highest BCUT2D eigenvalue weighted by Gasteiger charge is 2.54. The van der Waals surface area contributed by atoms with E-state index in [0.717, 1.165) is 23.3 Å². The highest BCUT2D eigenvalue weighted by molar-refractivity contribution is 7.85. The fraction of sp³-hybridized carbons (Fsp3) is 0.571. The van der Waals surface area contributed by atoms with Crippen LogP contribution in [0, 0.1) is 6.92 Å². The molecule has 3 atom stereocenters. The quantitative estimate of drug-likeness (QED) is 0.744. The van der Waals surface area contributed by atoms with Gasteiger partial charge in [0.1, 0.15) is 12.3 Å². The van der Waals surface area contributed by atoms with Crippen molar-refractivity contribution < 1.29 is 13.3 Å². The van der Waals surface area contributed by atoms with Crippen LogP contribution in [0.1, 0.15) is 25.3 Å². The Kier molecular flexibility index (Phi) is 4.17. The highest BCUT2D eigenvalue weighted by Crippen LogP contribution is 2.38. The summed E-state index contributed by atoms with van der Waals surface area (Å²) in [7, 11) is -1.20. The monoisotopic (exact) mass is 270 g/mol. The van der Waals surface area contributed by atoms with Gasteiger partial charge in [0, 0.05) is 4.90 Å². The van der Waals surface area contributed by atoms with Gasteiger partial charge >= 0.3 is 0 Å². The van der Waals surface area contributed by atoms with Gasteiger partial charge in [-0.2, -0.15) is 0 Å². The van der Waals surface area contributed by atoms with Crippen LogP contribution in [0.25, 0.3) is 0 Å². The van der Waals surface area contributed by atoms with Gasteiger partial charge < -0.3 is 4.74 Å². The molecule has 100 valence electrons. The zero-order chi connectivity index (χ0) is 13.2. The van der Waals surface area contributed by atoms with E-state index in [1.807, 2.05) is 38.1 Å². The van der Waals surface area contributed by atoms with Crippen molar-refractivity contribution in [2.75, 3.05) is 13.3 Å². The van der Waals surface area contributed by atoms with Crippen molar-refractivity contribution in [2.45, 2.75) is 42.4 Å². The lowest BCUT2D eigenvalue weighted by Crippen LogP contribution is -2.36. The minimum atomic E-state index is -1.20. The number of epoxide rings is 1. The number of alkyl halides is 1. The Morgan fingerprint density at radius 2 is 2.06 bits per heavy atom. The fourth-order valence-corrected chi connectivity index (χ4v) is 3.88. The first-order valence-electron chi connectivity index (χ1n) is 6.30. The van der Waals surface area contributed by atoms with Crippen molar-refractivity contribution in [1.82, 2.24) is 0 Å². The summed E-state index contributed by atoms with van der Waals surface area (Å²) in [6.45, 7) is 3.86. The summed E-state index contributed by atoms with van der Waals surface area (Å²) >= 11 is 0. The Morgan fingerprint density at radius 1 is 1.44 bits per heavy atom. The molecule has 0 radical (unpaired) electrons. The summed E-state index contributed by atoms with van der Waals surface area (Å²) in [5.74, 6) is 0. The first kappa shape index (κ1) is 13.7. The summed E-state index contributed by atoms with van der Waals surface area (Å²) in [4.78, 5) is 0.766. The third-order valence-corrected chi connectivity index (χ3v) is 5.31. The van der Waals surface area contributed by atoms with Gasteiger partial charge in [-0.05, 0) is 25.5 Å². The van der Waals surface area contributed by atoms with E-state index in [9.17, 15) is 8.60 Å². The van der Waals surface area contributed by atoms with Crippen LogP contribution in [-0.4, -0.2) is 28.3 Å². The zero-order valence-corrected chi connectivity index (χ0v) is 11.6. The normalized spacial score (nSPS) is 25.7. The van der Waals surface area contributed by atoms with E-state index in [1.165, 1.54) is 0 Å². The van der Waals surface area contributed by atoms with Crippen LogP contribution < -0.4 is 0 Å². The molecule has 1 aromatic rings. The van der Waals surface area contributed by atoms with E-state index >= 15 is 0 Å². The summed E-state index contributed by atoms with van der Waals surface area (Å²) in [6.07, 6.45) is 1.61. The SMILES string of the molecule is CCC[C@H](S(=O)c1ccc(C)cc1)[C@@]1(CF)CO1. The molecule has 1 heterocycles. The number of aryl methyl sites for hydroxylation is 1. The van der Waals surface area contributed by atoms with Crippen LogP contribution in [0.4, 0.5) is 4.39 Å². The molecule has 1 unspecified atom stereocenters. The molecule has 0 bridgehead atoms. The van der Waals surface area contributed by atoms with Crippen LogP contribution >= 0.6 is 0 Å². The van der Waals surface area contributed by atoms with Crippen molar-refractivity contribution in [3.63, 3.8) is 0 Å². The molecule has 18 heavy (non-hydrogen) atoms. The first-order chi connectivity index (χ1) is 8.63. The minimum Gasteiger partial charge on any atom is -0.365 e. The van der Waals surface area contributed by atoms with Crippen molar-refractivity contribution in [1.29, 1.82) is 0 Å². The van der Waals surface area contributed by atoms with Crippen LogP contribution in [0.3, 0.4) is 0 Å². The molecule has 4 heteroatoms. The summed E-state index contributed by atoms with van der Waals surface area (Å²) in [6, 6.07) is 7.60. The van der Waals surface area contributed by atoms with Gasteiger partial charge in [-0.3, -0.25) is 4.21 Å². The lowest BCUT2D eigenvalue weighted by Gasteiger charge is -2.20. The van der Waals surface area contributed by atoms with Crippen molar-refractivity contribution in [3.05, 3.63) is 29.8 Å². The molecule has 1 fully saturated rings. The summed E-state index contributed by atoms with van der Waals surface area (Å²) < 4.78 is 30.9. The zero-order valence-electron chi connectivity index (χ0n) is 10.8. The minimum absolute atomic E-state index is 0.241. The second-order valence-electron chi connectivity index (χ2n) is 4.87. The maximum absolute atomic E-state index is 13.1. The molecule has 0 amide bonds. The molecular formula is C14H19FO2S. The molecule has 2 nitrogen and oxygen atoms in total. The van der Waals surface area contributed by atoms with Gasteiger partial charge in [0.25, 0.3) is 0 Å². The average molecular weight is 270 g/mol. The molecular weight excluding hydrogens is 251 g/mol. The topological polar surface area (TPSA) is 29.6 Å². The molecule has 0 aromatic heterocycles. The van der Waals surface area contributed by atoms with E-state index in [0.29, 0.717) is 6.61 Å². The Hall–Kier alpha value is -0.740. The Labute approximate surface area is 110 Å². The predicted molar refractivity (Wildman–Crippen MR) is 70.9 cm³/mol. The predicted octanol–water partition coefficient (Wildman–Crippen LogP) is 3.01. The van der Waals surface area contributed by atoms with Crippen LogP contribution in [0.2, 0.25) is 0 Å². The standard InChI is InChI=1S/C14H19FO2S/c1-3-4-13(14(9-15)10-17-14)18(16)12-7-5-11(2)6-8-12/h5-8,13H,3-4,9-10H2,1-2H3/t13-,14+,18?/m0/s1. The van der Waals surface area contributed by atoms with Gasteiger partial charge in [-0.25, -0.2) is 4.39 Å². The molecule has 1 aliphatic rings. The molecule has 0 saturated carbocycles. The van der Waals surface area contributed by atoms with Crippen LogP contribution in [-0.2, 0) is 15.5 Å². The molecule has 0 aliphatic carbocycles. The van der Waals surface area contributed by atoms with Crippen molar-refractivity contribution in [3.8, 4) is 0 Å². The summed E-state index contributed by atoms with van der Waals surface area (Å²) in [5, 5.41) is -0.241. The maximum Gasteiger partial charge on any atom is 0.134 e. The van der Waals surface area contributed by atoms with Gasteiger partial charge in [-0.15, -0.1) is 0 Å². The van der Waals surface area contributed by atoms with Gasteiger partial charge in [-0.1, -0.05) is 31.0 Å². The Balaban J connectivity index is 2.21. The highest BCUT2D eigenvalue weighted by atomic mass is 32.2. The largest absolute Gasteiger partial charge is 0.365 e. The second-order valence-corrected chi connectivity index (χ2v) is 6.51. The van der Waals surface area contributed by atoms with E-state index < -0.39 is 23.1 Å². The average Bonchev–Trinajstić information content (AvgIpc) is 3.17. The number of halogens is 1. The molecule has 0 spiro atoms. The molecule has 1 aromatic carbocycles. The first-order valence-corrected chi connectivity index (χ1v) is 7.51. The Morgan fingerprint density at radius 3 is 2.50 bits per heavy atom. The van der Waals surface area contributed by atoms with Gasteiger partial charge in [0.05, 0.1) is 22.7 Å². The number of hydrogen-bond donors (Lipinski definition) is 0. The molecule has 2 rings (SSSR count). The molecule has 1 saturated heterocycles. The lowest BCUT2D eigenvalue weighted by atomic mass is 10.0. The number of ether oxygens (including phenoxy) is 1. The number of benzene rings is 1. The second kappa shape index (κ2) is 5.49. The van der Waals surface area contributed by atoms with Crippen LogP contribution in [0.15, 0.2) is 29.2 Å². The van der Waals surface area contributed by atoms with E-state index in [-0.39, 0.29) is 5.25 Å². The van der Waals surface area contributed by atoms with Gasteiger partial charge in [0.15, 0.2) is 0 Å². The third kappa shape index (κ3) is 2.64. The van der Waals surface area contributed by atoms with Crippen LogP contribution in [0.5, 0.6) is 0 Å².